The number of aromatic nitrogens is 2. The van der Waals surface area contributed by atoms with Crippen molar-refractivity contribution in [2.24, 2.45) is 7.05 Å². The summed E-state index contributed by atoms with van der Waals surface area (Å²) in [6.45, 7) is 2.58. The number of nitrogens with one attached hydrogen (secondary N) is 1. The van der Waals surface area contributed by atoms with Crippen molar-refractivity contribution < 1.29 is 8.42 Å². The van der Waals surface area contributed by atoms with Gasteiger partial charge in [0, 0.05) is 13.3 Å². The Morgan fingerprint density at radius 2 is 2.25 bits per heavy atom. The standard InChI is InChI=1S/C9H16ClN3O2S/c1-4-11-8(6-16(3,14)15)9-7(10)5-12-13(9)2/h5,8,11H,4,6H2,1-3H3. The second-order valence-electron chi connectivity index (χ2n) is 3.70. The normalized spacial score (nSPS) is 14.0. The summed E-state index contributed by atoms with van der Waals surface area (Å²) < 4.78 is 24.2. The highest BCUT2D eigenvalue weighted by Gasteiger charge is 2.22. The molecule has 0 amide bonds. The molecule has 0 aliphatic rings. The molecule has 0 aliphatic carbocycles. The van der Waals surface area contributed by atoms with Gasteiger partial charge in [0.1, 0.15) is 9.84 Å². The Balaban J connectivity index is 3.03. The van der Waals surface area contributed by atoms with Gasteiger partial charge in [-0.2, -0.15) is 5.10 Å². The van der Waals surface area contributed by atoms with E-state index in [2.05, 4.69) is 10.4 Å². The summed E-state index contributed by atoms with van der Waals surface area (Å²) in [5.74, 6) is 0.0140. The van der Waals surface area contributed by atoms with Crippen LogP contribution in [0.2, 0.25) is 5.02 Å². The minimum Gasteiger partial charge on any atom is -0.308 e. The van der Waals surface area contributed by atoms with Crippen LogP contribution in [-0.4, -0.2) is 36.8 Å². The van der Waals surface area contributed by atoms with Crippen molar-refractivity contribution in [1.29, 1.82) is 0 Å². The first kappa shape index (κ1) is 13.5. The number of sulfone groups is 1. The first-order valence-electron chi connectivity index (χ1n) is 4.93. The van der Waals surface area contributed by atoms with Crippen molar-refractivity contribution in [3.63, 3.8) is 0 Å². The second-order valence-corrected chi connectivity index (χ2v) is 6.30. The van der Waals surface area contributed by atoms with Crippen LogP contribution >= 0.6 is 11.6 Å². The average molecular weight is 266 g/mol. The second kappa shape index (κ2) is 5.16. The number of rotatable bonds is 5. The Labute approximate surface area is 101 Å². The molecule has 1 atom stereocenters. The smallest absolute Gasteiger partial charge is 0.149 e. The summed E-state index contributed by atoms with van der Waals surface area (Å²) in [6.07, 6.45) is 2.73. The molecule has 0 fully saturated rings. The van der Waals surface area contributed by atoms with Gasteiger partial charge >= 0.3 is 0 Å². The molecule has 0 aliphatic heterocycles. The van der Waals surface area contributed by atoms with Crippen LogP contribution in [0.4, 0.5) is 0 Å². The molecule has 1 aromatic heterocycles. The van der Waals surface area contributed by atoms with Gasteiger partial charge in [-0.1, -0.05) is 18.5 Å². The minimum atomic E-state index is -3.07. The molecule has 1 aromatic rings. The number of aryl methyl sites for hydroxylation is 1. The monoisotopic (exact) mass is 265 g/mol. The maximum absolute atomic E-state index is 11.3. The SMILES string of the molecule is CCNC(CS(C)(=O)=O)c1c(Cl)cnn1C. The van der Waals surface area contributed by atoms with Gasteiger partial charge < -0.3 is 5.32 Å². The highest BCUT2D eigenvalue weighted by Crippen LogP contribution is 2.23. The highest BCUT2D eigenvalue weighted by molar-refractivity contribution is 7.90. The van der Waals surface area contributed by atoms with Crippen molar-refractivity contribution in [3.8, 4) is 0 Å². The molecule has 0 spiro atoms. The molecular formula is C9H16ClN3O2S. The van der Waals surface area contributed by atoms with Gasteiger partial charge in [0.15, 0.2) is 0 Å². The molecule has 0 radical (unpaired) electrons. The Kier molecular flexibility index (Phi) is 4.35. The molecule has 1 N–H and O–H groups in total. The predicted molar refractivity (Wildman–Crippen MR) is 64.3 cm³/mol. The Morgan fingerprint density at radius 3 is 2.62 bits per heavy atom. The van der Waals surface area contributed by atoms with Crippen LogP contribution in [-0.2, 0) is 16.9 Å². The van der Waals surface area contributed by atoms with E-state index in [0.29, 0.717) is 17.3 Å². The fraction of sp³-hybridized carbons (Fsp3) is 0.667. The molecule has 0 aromatic carbocycles. The molecule has 1 unspecified atom stereocenters. The molecule has 1 heterocycles. The van der Waals surface area contributed by atoms with E-state index in [1.165, 1.54) is 12.5 Å². The zero-order chi connectivity index (χ0) is 12.3. The summed E-state index contributed by atoms with van der Waals surface area (Å²) >= 11 is 5.99. The Hall–Kier alpha value is -0.590. The predicted octanol–water partition coefficient (Wildman–Crippen LogP) is 0.769. The quantitative estimate of drug-likeness (QED) is 0.854. The zero-order valence-corrected chi connectivity index (χ0v) is 11.1. The van der Waals surface area contributed by atoms with Crippen LogP contribution in [0, 0.1) is 0 Å². The minimum absolute atomic E-state index is 0.0140. The van der Waals surface area contributed by atoms with Gasteiger partial charge in [-0.15, -0.1) is 0 Å². The van der Waals surface area contributed by atoms with Crippen LogP contribution in [0.15, 0.2) is 6.20 Å². The number of nitrogens with zero attached hydrogens (tertiary/aromatic N) is 2. The van der Waals surface area contributed by atoms with E-state index in [-0.39, 0.29) is 11.8 Å². The van der Waals surface area contributed by atoms with E-state index in [4.69, 9.17) is 11.6 Å². The molecule has 16 heavy (non-hydrogen) atoms. The fourth-order valence-corrected chi connectivity index (χ4v) is 2.77. The third-order valence-corrected chi connectivity index (χ3v) is 3.42. The third kappa shape index (κ3) is 3.47. The first-order valence-corrected chi connectivity index (χ1v) is 7.37. The van der Waals surface area contributed by atoms with Crippen molar-refractivity contribution in [1.82, 2.24) is 15.1 Å². The molecule has 0 bridgehead atoms. The maximum atomic E-state index is 11.3. The average Bonchev–Trinajstić information content (AvgIpc) is 2.43. The summed E-state index contributed by atoms with van der Waals surface area (Å²) in [6, 6.07) is -0.319. The lowest BCUT2D eigenvalue weighted by atomic mass is 10.2. The molecule has 0 saturated heterocycles. The summed E-state index contributed by atoms with van der Waals surface area (Å²) in [7, 11) is -1.32. The summed E-state index contributed by atoms with van der Waals surface area (Å²) in [4.78, 5) is 0. The topological polar surface area (TPSA) is 64.0 Å². The lowest BCUT2D eigenvalue weighted by Gasteiger charge is -2.17. The number of hydrogen-bond donors (Lipinski definition) is 1. The number of hydrogen-bond acceptors (Lipinski definition) is 4. The third-order valence-electron chi connectivity index (χ3n) is 2.19. The van der Waals surface area contributed by atoms with Gasteiger partial charge in [0.25, 0.3) is 0 Å². The summed E-state index contributed by atoms with van der Waals surface area (Å²) in [5, 5.41) is 7.58. The van der Waals surface area contributed by atoms with Gasteiger partial charge in [0.2, 0.25) is 0 Å². The van der Waals surface area contributed by atoms with E-state index in [1.807, 2.05) is 6.92 Å². The molecule has 5 nitrogen and oxygen atoms in total. The van der Waals surface area contributed by atoms with E-state index < -0.39 is 9.84 Å². The Morgan fingerprint density at radius 1 is 1.62 bits per heavy atom. The first-order chi connectivity index (χ1) is 7.35. The molecule has 0 saturated carbocycles. The van der Waals surface area contributed by atoms with E-state index in [0.717, 1.165) is 0 Å². The molecule has 7 heteroatoms. The fourth-order valence-electron chi connectivity index (χ4n) is 1.60. The Bertz CT molecular complexity index is 436. The van der Waals surface area contributed by atoms with Crippen LogP contribution in [0.3, 0.4) is 0 Å². The van der Waals surface area contributed by atoms with Crippen molar-refractivity contribution in [2.75, 3.05) is 18.6 Å². The highest BCUT2D eigenvalue weighted by atomic mass is 35.5. The van der Waals surface area contributed by atoms with E-state index in [9.17, 15) is 8.42 Å². The van der Waals surface area contributed by atoms with Gasteiger partial charge in [-0.05, 0) is 6.54 Å². The zero-order valence-electron chi connectivity index (χ0n) is 9.57. The van der Waals surface area contributed by atoms with Gasteiger partial charge in [-0.25, -0.2) is 8.42 Å². The lowest BCUT2D eigenvalue weighted by molar-refractivity contribution is 0.532. The van der Waals surface area contributed by atoms with E-state index >= 15 is 0 Å². The molecular weight excluding hydrogens is 250 g/mol. The van der Waals surface area contributed by atoms with Gasteiger partial charge in [0.05, 0.1) is 28.7 Å². The maximum Gasteiger partial charge on any atom is 0.149 e. The largest absolute Gasteiger partial charge is 0.308 e. The van der Waals surface area contributed by atoms with Crippen LogP contribution < -0.4 is 5.32 Å². The lowest BCUT2D eigenvalue weighted by Crippen LogP contribution is -2.29. The van der Waals surface area contributed by atoms with Gasteiger partial charge in [-0.3, -0.25) is 4.68 Å². The van der Waals surface area contributed by atoms with Crippen molar-refractivity contribution in [2.45, 2.75) is 13.0 Å². The molecule has 92 valence electrons. The summed E-state index contributed by atoms with van der Waals surface area (Å²) in [5.41, 5.74) is 0.703. The van der Waals surface area contributed by atoms with Crippen molar-refractivity contribution in [3.05, 3.63) is 16.9 Å². The van der Waals surface area contributed by atoms with Crippen molar-refractivity contribution >= 4 is 21.4 Å². The van der Waals surface area contributed by atoms with E-state index in [1.54, 1.807) is 11.7 Å². The van der Waals surface area contributed by atoms with Crippen LogP contribution in [0.5, 0.6) is 0 Å². The van der Waals surface area contributed by atoms with Crippen LogP contribution in [0.1, 0.15) is 18.7 Å². The molecule has 1 rings (SSSR count). The number of halogens is 1. The van der Waals surface area contributed by atoms with Crippen LogP contribution in [0.25, 0.3) is 0 Å².